The number of nitrogens with zero attached hydrogens (tertiary/aromatic N) is 1. The topological polar surface area (TPSA) is 111 Å². The number of hydrogen-bond acceptors (Lipinski definition) is 6. The standard InChI is InChI=1S/C14H19N3O5S/c1-22-13-5-4-12(17(18)19)8-14(13)23(20,21)16-11-6-9-2-3-10(7-11)15-9/h4-5,8-11,15-16H,2-3,6-7H2,1H3. The van der Waals surface area contributed by atoms with E-state index in [9.17, 15) is 18.5 Å². The van der Waals surface area contributed by atoms with Gasteiger partial charge in [-0.2, -0.15) is 0 Å². The van der Waals surface area contributed by atoms with E-state index in [1.807, 2.05) is 0 Å². The summed E-state index contributed by atoms with van der Waals surface area (Å²) in [6.45, 7) is 0. The maximum absolute atomic E-state index is 12.7. The van der Waals surface area contributed by atoms with Crippen LogP contribution in [0.15, 0.2) is 23.1 Å². The van der Waals surface area contributed by atoms with Crippen LogP contribution in [-0.4, -0.2) is 38.6 Å². The molecular formula is C14H19N3O5S. The van der Waals surface area contributed by atoms with E-state index in [-0.39, 0.29) is 22.4 Å². The first kappa shape index (κ1) is 16.2. The van der Waals surface area contributed by atoms with Gasteiger partial charge in [0.15, 0.2) is 0 Å². The van der Waals surface area contributed by atoms with E-state index in [0.717, 1.165) is 31.7 Å². The van der Waals surface area contributed by atoms with Gasteiger partial charge in [0.2, 0.25) is 10.0 Å². The van der Waals surface area contributed by atoms with Gasteiger partial charge in [-0.3, -0.25) is 10.1 Å². The molecule has 23 heavy (non-hydrogen) atoms. The van der Waals surface area contributed by atoms with Gasteiger partial charge in [0.05, 0.1) is 12.0 Å². The molecule has 1 aromatic carbocycles. The molecule has 126 valence electrons. The average Bonchev–Trinajstić information content (AvgIpc) is 2.85. The predicted molar refractivity (Wildman–Crippen MR) is 82.9 cm³/mol. The minimum Gasteiger partial charge on any atom is -0.495 e. The minimum absolute atomic E-state index is 0.0972. The zero-order chi connectivity index (χ0) is 16.6. The van der Waals surface area contributed by atoms with Crippen molar-refractivity contribution in [1.82, 2.24) is 10.0 Å². The summed E-state index contributed by atoms with van der Waals surface area (Å²) in [7, 11) is -2.55. The molecule has 9 heteroatoms. The van der Waals surface area contributed by atoms with Crippen LogP contribution < -0.4 is 14.8 Å². The number of piperidine rings is 1. The van der Waals surface area contributed by atoms with E-state index in [2.05, 4.69) is 10.0 Å². The summed E-state index contributed by atoms with van der Waals surface area (Å²) in [5.74, 6) is 0.0972. The lowest BCUT2D eigenvalue weighted by Gasteiger charge is -2.29. The first-order valence-electron chi connectivity index (χ1n) is 7.50. The number of nitro groups is 1. The average molecular weight is 341 g/mol. The van der Waals surface area contributed by atoms with Crippen molar-refractivity contribution in [2.75, 3.05) is 7.11 Å². The van der Waals surface area contributed by atoms with Crippen LogP contribution >= 0.6 is 0 Å². The Morgan fingerprint density at radius 1 is 1.30 bits per heavy atom. The Balaban J connectivity index is 1.86. The number of sulfonamides is 1. The smallest absolute Gasteiger partial charge is 0.271 e. The summed E-state index contributed by atoms with van der Waals surface area (Å²) in [4.78, 5) is 10.1. The SMILES string of the molecule is COc1ccc([N+](=O)[O-])cc1S(=O)(=O)NC1CC2CCC(C1)N2. The van der Waals surface area contributed by atoms with E-state index >= 15 is 0 Å². The van der Waals surface area contributed by atoms with Gasteiger partial charge in [-0.25, -0.2) is 13.1 Å². The molecule has 2 N–H and O–H groups in total. The number of hydrogen-bond donors (Lipinski definition) is 2. The maximum atomic E-state index is 12.7. The fourth-order valence-corrected chi connectivity index (χ4v) is 4.88. The molecule has 2 saturated heterocycles. The number of nitro benzene ring substituents is 1. The molecule has 2 heterocycles. The Bertz CT molecular complexity index is 709. The van der Waals surface area contributed by atoms with E-state index in [1.165, 1.54) is 19.2 Å². The fourth-order valence-electron chi connectivity index (χ4n) is 3.43. The number of fused-ring (bicyclic) bond motifs is 2. The van der Waals surface area contributed by atoms with E-state index in [1.54, 1.807) is 0 Å². The Morgan fingerprint density at radius 2 is 1.96 bits per heavy atom. The number of nitrogens with one attached hydrogen (secondary N) is 2. The summed E-state index contributed by atoms with van der Waals surface area (Å²) in [6.07, 6.45) is 3.58. The molecule has 2 atom stereocenters. The highest BCUT2D eigenvalue weighted by molar-refractivity contribution is 7.89. The highest BCUT2D eigenvalue weighted by Gasteiger charge is 2.36. The van der Waals surface area contributed by atoms with Crippen LogP contribution in [0.5, 0.6) is 5.75 Å². The summed E-state index contributed by atoms with van der Waals surface area (Å²) in [6, 6.07) is 4.09. The van der Waals surface area contributed by atoms with Crippen molar-refractivity contribution in [2.45, 2.75) is 48.7 Å². The summed E-state index contributed by atoms with van der Waals surface area (Å²) in [5, 5.41) is 14.3. The number of ether oxygens (including phenoxy) is 1. The van der Waals surface area contributed by atoms with Crippen LogP contribution in [-0.2, 0) is 10.0 Å². The van der Waals surface area contributed by atoms with Crippen LogP contribution in [0.3, 0.4) is 0 Å². The largest absolute Gasteiger partial charge is 0.495 e. The molecule has 0 spiro atoms. The van der Waals surface area contributed by atoms with Crippen molar-refractivity contribution in [1.29, 1.82) is 0 Å². The van der Waals surface area contributed by atoms with Crippen molar-refractivity contribution in [3.05, 3.63) is 28.3 Å². The van der Waals surface area contributed by atoms with Crippen LogP contribution in [0.1, 0.15) is 25.7 Å². The summed E-state index contributed by atoms with van der Waals surface area (Å²) in [5.41, 5.74) is -0.281. The summed E-state index contributed by atoms with van der Waals surface area (Å²) < 4.78 is 33.0. The molecule has 0 aromatic heterocycles. The van der Waals surface area contributed by atoms with Crippen LogP contribution in [0, 0.1) is 10.1 Å². The third-order valence-electron chi connectivity index (χ3n) is 4.44. The van der Waals surface area contributed by atoms with E-state index in [0.29, 0.717) is 12.1 Å². The van der Waals surface area contributed by atoms with Crippen molar-refractivity contribution in [2.24, 2.45) is 0 Å². The molecule has 0 amide bonds. The molecule has 8 nitrogen and oxygen atoms in total. The Morgan fingerprint density at radius 3 is 2.52 bits per heavy atom. The van der Waals surface area contributed by atoms with Crippen LogP contribution in [0.2, 0.25) is 0 Å². The molecule has 0 saturated carbocycles. The summed E-state index contributed by atoms with van der Waals surface area (Å²) >= 11 is 0. The zero-order valence-electron chi connectivity index (χ0n) is 12.7. The lowest BCUT2D eigenvalue weighted by atomic mass is 10.0. The minimum atomic E-state index is -3.88. The van der Waals surface area contributed by atoms with Gasteiger partial charge >= 0.3 is 0 Å². The molecule has 2 aliphatic rings. The quantitative estimate of drug-likeness (QED) is 0.614. The normalized spacial score (nSPS) is 26.9. The second-order valence-corrected chi connectivity index (χ2v) is 7.70. The highest BCUT2D eigenvalue weighted by atomic mass is 32.2. The Hall–Kier alpha value is -1.71. The molecular weight excluding hydrogens is 322 g/mol. The third-order valence-corrected chi connectivity index (χ3v) is 5.98. The Labute approximate surface area is 134 Å². The first-order chi connectivity index (χ1) is 10.9. The molecule has 3 rings (SSSR count). The zero-order valence-corrected chi connectivity index (χ0v) is 13.5. The number of methoxy groups -OCH3 is 1. The van der Waals surface area contributed by atoms with Crippen molar-refractivity contribution in [3.8, 4) is 5.75 Å². The van der Waals surface area contributed by atoms with Gasteiger partial charge < -0.3 is 10.1 Å². The molecule has 2 unspecified atom stereocenters. The molecule has 0 radical (unpaired) electrons. The van der Waals surface area contributed by atoms with E-state index < -0.39 is 14.9 Å². The first-order valence-corrected chi connectivity index (χ1v) is 8.98. The Kier molecular flexibility index (Phi) is 4.26. The monoisotopic (exact) mass is 341 g/mol. The van der Waals surface area contributed by atoms with Crippen molar-refractivity contribution in [3.63, 3.8) is 0 Å². The lowest BCUT2D eigenvalue weighted by Crippen LogP contribution is -2.47. The molecule has 2 fully saturated rings. The van der Waals surface area contributed by atoms with Gasteiger partial charge in [-0.1, -0.05) is 0 Å². The molecule has 0 aliphatic carbocycles. The molecule has 1 aromatic rings. The molecule has 2 aliphatic heterocycles. The number of benzene rings is 1. The van der Waals surface area contributed by atoms with E-state index in [4.69, 9.17) is 4.74 Å². The number of non-ortho nitro benzene ring substituents is 1. The van der Waals surface area contributed by atoms with Crippen molar-refractivity contribution < 1.29 is 18.1 Å². The third kappa shape index (κ3) is 3.31. The molecule has 2 bridgehead atoms. The number of rotatable bonds is 5. The lowest BCUT2D eigenvalue weighted by molar-refractivity contribution is -0.385. The van der Waals surface area contributed by atoms with Crippen LogP contribution in [0.4, 0.5) is 5.69 Å². The van der Waals surface area contributed by atoms with Gasteiger partial charge in [-0.15, -0.1) is 0 Å². The second kappa shape index (κ2) is 6.06. The maximum Gasteiger partial charge on any atom is 0.271 e. The second-order valence-electron chi connectivity index (χ2n) is 6.02. The van der Waals surface area contributed by atoms with Crippen LogP contribution in [0.25, 0.3) is 0 Å². The van der Waals surface area contributed by atoms with Gasteiger partial charge in [-0.05, 0) is 31.7 Å². The van der Waals surface area contributed by atoms with Gasteiger partial charge in [0.1, 0.15) is 10.6 Å². The highest BCUT2D eigenvalue weighted by Crippen LogP contribution is 2.31. The van der Waals surface area contributed by atoms with Gasteiger partial charge in [0, 0.05) is 30.3 Å². The fraction of sp³-hybridized carbons (Fsp3) is 0.571. The van der Waals surface area contributed by atoms with Gasteiger partial charge in [0.25, 0.3) is 5.69 Å². The van der Waals surface area contributed by atoms with Crippen molar-refractivity contribution >= 4 is 15.7 Å². The predicted octanol–water partition coefficient (Wildman–Crippen LogP) is 1.16.